The molecule has 2 bridgehead atoms. The zero-order valence-electron chi connectivity index (χ0n) is 18.8. The molecule has 0 saturated carbocycles. The molecule has 0 radical (unpaired) electrons. The van der Waals surface area contributed by atoms with Crippen molar-refractivity contribution in [3.8, 4) is 11.9 Å². The molecule has 3 fully saturated rings. The lowest BCUT2D eigenvalue weighted by molar-refractivity contribution is -0.138. The molecule has 2 aromatic rings. The molecule has 1 aromatic heterocycles. The third kappa shape index (κ3) is 3.55. The molecule has 3 saturated heterocycles. The Balaban J connectivity index is 1.46. The Morgan fingerprint density at radius 2 is 2.00 bits per heavy atom. The second-order valence-electron chi connectivity index (χ2n) is 9.29. The van der Waals surface area contributed by atoms with Gasteiger partial charge in [-0.2, -0.15) is 18.4 Å². The van der Waals surface area contributed by atoms with E-state index in [1.807, 2.05) is 0 Å². The number of hydrogen-bond donors (Lipinski definition) is 1. The van der Waals surface area contributed by atoms with Gasteiger partial charge in [-0.3, -0.25) is 9.59 Å². The fourth-order valence-corrected chi connectivity index (χ4v) is 5.77. The van der Waals surface area contributed by atoms with Crippen LogP contribution in [-0.2, 0) is 20.5 Å². The topological polar surface area (TPSA) is 113 Å². The summed E-state index contributed by atoms with van der Waals surface area (Å²) in [6.07, 6.45) is -4.36. The predicted octanol–water partition coefficient (Wildman–Crippen LogP) is 3.49. The number of aliphatic hydroxyl groups excluding tert-OH is 1. The van der Waals surface area contributed by atoms with Crippen LogP contribution in [0.15, 0.2) is 36.5 Å². The first kappa shape index (κ1) is 24.5. The number of nitriles is 1. The summed E-state index contributed by atoms with van der Waals surface area (Å²) in [7, 11) is 0. The smallest absolute Gasteiger partial charge is 0.417 e. The van der Waals surface area contributed by atoms with Crippen LogP contribution in [0, 0.1) is 23.2 Å². The standard InChI is InChI=1S/C24H19ClF3N3O5/c1-22-16(32)9-23(36-22,6-7-35-17-5-3-13(25)11-30-17)19-18(22)20(33)31(21(19)34)14-4-2-12(10-29)15(8-14)24(26,27)28/h2-5,8,11,16,18-19,32H,6-7,9H2,1H3. The predicted molar refractivity (Wildman–Crippen MR) is 118 cm³/mol. The Morgan fingerprint density at radius 3 is 2.64 bits per heavy atom. The number of ether oxygens (including phenoxy) is 2. The van der Waals surface area contributed by atoms with Gasteiger partial charge in [-0.05, 0) is 31.2 Å². The Bertz CT molecular complexity index is 1300. The number of benzene rings is 1. The molecule has 188 valence electrons. The van der Waals surface area contributed by atoms with Crippen LogP contribution in [0.2, 0.25) is 5.02 Å². The van der Waals surface area contributed by atoms with Crippen molar-refractivity contribution in [3.63, 3.8) is 0 Å². The summed E-state index contributed by atoms with van der Waals surface area (Å²) in [5.74, 6) is -3.31. The van der Waals surface area contributed by atoms with Gasteiger partial charge in [0.1, 0.15) is 5.60 Å². The molecule has 1 aromatic carbocycles. The molecule has 5 unspecified atom stereocenters. The maximum absolute atomic E-state index is 13.6. The number of nitrogens with zero attached hydrogens (tertiary/aromatic N) is 3. The van der Waals surface area contributed by atoms with E-state index in [4.69, 9.17) is 26.3 Å². The summed E-state index contributed by atoms with van der Waals surface area (Å²) in [6.45, 7) is 1.57. The first-order valence-electron chi connectivity index (χ1n) is 11.0. The largest absolute Gasteiger partial charge is 0.478 e. The third-order valence-electron chi connectivity index (χ3n) is 7.28. The molecule has 1 N–H and O–H groups in total. The zero-order chi connectivity index (χ0) is 26.0. The molecule has 36 heavy (non-hydrogen) atoms. The number of pyridine rings is 1. The third-order valence-corrected chi connectivity index (χ3v) is 7.50. The Hall–Kier alpha value is -3.20. The number of aliphatic hydroxyl groups is 1. The minimum Gasteiger partial charge on any atom is -0.478 e. The highest BCUT2D eigenvalue weighted by atomic mass is 35.5. The molecule has 0 spiro atoms. The summed E-state index contributed by atoms with van der Waals surface area (Å²) in [5.41, 5.74) is -4.82. The molecule has 4 heterocycles. The van der Waals surface area contributed by atoms with E-state index in [9.17, 15) is 27.9 Å². The van der Waals surface area contributed by atoms with Crippen molar-refractivity contribution < 1.29 is 37.3 Å². The highest BCUT2D eigenvalue weighted by Crippen LogP contribution is 2.62. The van der Waals surface area contributed by atoms with Crippen LogP contribution in [0.5, 0.6) is 5.88 Å². The van der Waals surface area contributed by atoms with Crippen LogP contribution in [0.4, 0.5) is 18.9 Å². The number of carbonyl (C=O) groups is 2. The fraction of sp³-hybridized carbons (Fsp3) is 0.417. The summed E-state index contributed by atoms with van der Waals surface area (Å²) in [6, 6.07) is 7.31. The maximum Gasteiger partial charge on any atom is 0.417 e. The Labute approximate surface area is 208 Å². The quantitative estimate of drug-likeness (QED) is 0.599. The average molecular weight is 522 g/mol. The van der Waals surface area contributed by atoms with Crippen molar-refractivity contribution in [3.05, 3.63) is 52.7 Å². The number of anilines is 1. The second kappa shape index (κ2) is 8.16. The van der Waals surface area contributed by atoms with Crippen LogP contribution in [0.3, 0.4) is 0 Å². The lowest BCUT2D eigenvalue weighted by Crippen LogP contribution is -2.49. The molecule has 0 aliphatic carbocycles. The SMILES string of the molecule is CC12OC(CCOc3ccc(Cl)cn3)(CC1O)C1C(=O)N(c3ccc(C#N)c(C(F)(F)F)c3)C(=O)C12. The molecular weight excluding hydrogens is 503 g/mol. The number of imide groups is 1. The molecular formula is C24H19ClF3N3O5. The van der Waals surface area contributed by atoms with Gasteiger partial charge in [-0.15, -0.1) is 0 Å². The first-order chi connectivity index (χ1) is 16.9. The summed E-state index contributed by atoms with van der Waals surface area (Å²) >= 11 is 5.82. The number of carbonyl (C=O) groups excluding carboxylic acids is 2. The molecule has 5 rings (SSSR count). The van der Waals surface area contributed by atoms with Crippen LogP contribution < -0.4 is 9.64 Å². The number of hydrogen-bond acceptors (Lipinski definition) is 7. The highest BCUT2D eigenvalue weighted by molar-refractivity contribution is 6.30. The second-order valence-corrected chi connectivity index (χ2v) is 9.73. The van der Waals surface area contributed by atoms with Crippen LogP contribution in [0.1, 0.15) is 30.9 Å². The van der Waals surface area contributed by atoms with E-state index in [2.05, 4.69) is 4.98 Å². The van der Waals surface area contributed by atoms with Crippen molar-refractivity contribution in [2.75, 3.05) is 11.5 Å². The number of aromatic nitrogens is 1. The van der Waals surface area contributed by atoms with Crippen LogP contribution in [-0.4, -0.2) is 45.8 Å². The van der Waals surface area contributed by atoms with E-state index < -0.39 is 58.3 Å². The molecule has 3 aliphatic heterocycles. The van der Waals surface area contributed by atoms with Crippen LogP contribution >= 0.6 is 11.6 Å². The van der Waals surface area contributed by atoms with E-state index in [1.54, 1.807) is 12.1 Å². The van der Waals surface area contributed by atoms with E-state index in [-0.39, 0.29) is 31.0 Å². The normalized spacial score (nSPS) is 31.0. The van der Waals surface area contributed by atoms with Crippen molar-refractivity contribution >= 4 is 29.1 Å². The van der Waals surface area contributed by atoms with Crippen molar-refractivity contribution in [2.24, 2.45) is 11.8 Å². The van der Waals surface area contributed by atoms with E-state index in [1.165, 1.54) is 19.2 Å². The first-order valence-corrected chi connectivity index (χ1v) is 11.4. The van der Waals surface area contributed by atoms with Crippen molar-refractivity contribution in [1.29, 1.82) is 5.26 Å². The van der Waals surface area contributed by atoms with Gasteiger partial charge >= 0.3 is 6.18 Å². The summed E-state index contributed by atoms with van der Waals surface area (Å²) < 4.78 is 52.4. The molecule has 12 heteroatoms. The van der Waals surface area contributed by atoms with Crippen molar-refractivity contribution in [2.45, 2.75) is 43.2 Å². The number of rotatable bonds is 5. The lowest BCUT2D eigenvalue weighted by Gasteiger charge is -2.33. The van der Waals surface area contributed by atoms with Crippen LogP contribution in [0.25, 0.3) is 0 Å². The molecule has 3 aliphatic rings. The summed E-state index contributed by atoms with van der Waals surface area (Å²) in [5, 5.41) is 20.2. The maximum atomic E-state index is 13.6. The van der Waals surface area contributed by atoms with Gasteiger partial charge in [0.15, 0.2) is 0 Å². The monoisotopic (exact) mass is 521 g/mol. The van der Waals surface area contributed by atoms with Gasteiger partial charge in [0.25, 0.3) is 0 Å². The number of alkyl halides is 3. The minimum atomic E-state index is -4.86. The van der Waals surface area contributed by atoms with Gasteiger partial charge in [0.2, 0.25) is 17.7 Å². The van der Waals surface area contributed by atoms with Gasteiger partial charge < -0.3 is 14.6 Å². The number of halogens is 4. The van der Waals surface area contributed by atoms with Gasteiger partial charge in [-0.1, -0.05) is 11.6 Å². The fourth-order valence-electron chi connectivity index (χ4n) is 5.66. The molecule has 8 nitrogen and oxygen atoms in total. The van der Waals surface area contributed by atoms with E-state index in [0.717, 1.165) is 12.1 Å². The Kier molecular flexibility index (Phi) is 5.55. The average Bonchev–Trinajstić information content (AvgIpc) is 3.35. The van der Waals surface area contributed by atoms with Gasteiger partial charge in [0, 0.05) is 25.1 Å². The zero-order valence-corrected chi connectivity index (χ0v) is 19.5. The van der Waals surface area contributed by atoms with E-state index in [0.29, 0.717) is 16.0 Å². The number of fused-ring (bicyclic) bond motifs is 5. The molecule has 2 amide bonds. The highest BCUT2D eigenvalue weighted by Gasteiger charge is 2.77. The lowest BCUT2D eigenvalue weighted by atomic mass is 9.66. The van der Waals surface area contributed by atoms with E-state index >= 15 is 0 Å². The van der Waals surface area contributed by atoms with Gasteiger partial charge in [0.05, 0.1) is 58.1 Å². The molecule has 5 atom stereocenters. The van der Waals surface area contributed by atoms with Crippen molar-refractivity contribution in [1.82, 2.24) is 4.98 Å². The Morgan fingerprint density at radius 1 is 1.28 bits per heavy atom. The number of amides is 2. The van der Waals surface area contributed by atoms with Gasteiger partial charge in [-0.25, -0.2) is 9.88 Å². The summed E-state index contributed by atoms with van der Waals surface area (Å²) in [4.78, 5) is 31.7. The minimum absolute atomic E-state index is 0.0389.